The molecule has 0 saturated heterocycles. The van der Waals surface area contributed by atoms with Gasteiger partial charge in [-0.1, -0.05) is 18.0 Å². The van der Waals surface area contributed by atoms with Crippen molar-refractivity contribution in [1.82, 2.24) is 15.2 Å². The van der Waals surface area contributed by atoms with E-state index in [0.29, 0.717) is 34.2 Å². The summed E-state index contributed by atoms with van der Waals surface area (Å²) in [6.07, 6.45) is 9.04. The minimum absolute atomic E-state index is 0.166. The maximum Gasteiger partial charge on any atom is 0.253 e. The molecule has 36 heavy (non-hydrogen) atoms. The summed E-state index contributed by atoms with van der Waals surface area (Å²) in [6, 6.07) is 7.34. The Morgan fingerprint density at radius 2 is 1.75 bits per heavy atom. The van der Waals surface area contributed by atoms with E-state index in [9.17, 15) is 9.59 Å². The fraction of sp³-hybridized carbons (Fsp3) is 0.586. The zero-order valence-corrected chi connectivity index (χ0v) is 23.1. The van der Waals surface area contributed by atoms with Gasteiger partial charge in [0.2, 0.25) is 0 Å². The number of halogens is 1. The molecule has 3 N–H and O–H groups in total. The van der Waals surface area contributed by atoms with E-state index in [1.165, 1.54) is 44.9 Å². The van der Waals surface area contributed by atoms with Crippen LogP contribution in [0.4, 0.5) is 5.69 Å². The van der Waals surface area contributed by atoms with Crippen molar-refractivity contribution in [2.24, 2.45) is 5.92 Å². The number of aryl methyl sites for hydroxylation is 2. The number of anilines is 1. The molecular formula is C29H41ClN4O2. The smallest absolute Gasteiger partial charge is 0.253 e. The van der Waals surface area contributed by atoms with E-state index < -0.39 is 0 Å². The van der Waals surface area contributed by atoms with Gasteiger partial charge in [0.25, 0.3) is 11.5 Å². The van der Waals surface area contributed by atoms with Gasteiger partial charge in [-0.2, -0.15) is 0 Å². The lowest BCUT2D eigenvalue weighted by molar-refractivity contribution is 0.0755. The van der Waals surface area contributed by atoms with Gasteiger partial charge in [0.1, 0.15) is 0 Å². The summed E-state index contributed by atoms with van der Waals surface area (Å²) in [4.78, 5) is 30.9. The van der Waals surface area contributed by atoms with E-state index in [-0.39, 0.29) is 18.0 Å². The first-order chi connectivity index (χ1) is 17.1. The third-order valence-electron chi connectivity index (χ3n) is 8.59. The SMILES string of the molecule is Cc1cc(C)c(CNC(=O)c2cc(Cl)cc(NC(C)C3CCC(N(C)C4CCC4)CC3)c2C)c(=O)[nH]1. The highest BCUT2D eigenvalue weighted by molar-refractivity contribution is 6.31. The molecule has 1 aromatic heterocycles. The van der Waals surface area contributed by atoms with Gasteiger partial charge in [0.05, 0.1) is 0 Å². The number of carbonyl (C=O) groups excluding carboxylic acids is 1. The largest absolute Gasteiger partial charge is 0.382 e. The molecule has 1 atom stereocenters. The highest BCUT2D eigenvalue weighted by Crippen LogP contribution is 2.35. The molecule has 1 heterocycles. The van der Waals surface area contributed by atoms with Crippen LogP contribution in [0.1, 0.15) is 84.6 Å². The molecule has 1 aromatic carbocycles. The summed E-state index contributed by atoms with van der Waals surface area (Å²) in [7, 11) is 2.31. The Labute approximate surface area is 220 Å². The second-order valence-electron chi connectivity index (χ2n) is 11.0. The normalized spacial score (nSPS) is 21.2. The summed E-state index contributed by atoms with van der Waals surface area (Å²) in [5.74, 6) is 0.368. The van der Waals surface area contributed by atoms with Crippen LogP contribution >= 0.6 is 11.6 Å². The lowest BCUT2D eigenvalue weighted by atomic mass is 9.80. The number of carbonyl (C=O) groups is 1. The quantitative estimate of drug-likeness (QED) is 0.422. The molecule has 2 aliphatic rings. The van der Waals surface area contributed by atoms with Crippen LogP contribution in [-0.4, -0.2) is 41.0 Å². The molecule has 4 rings (SSSR count). The first-order valence-corrected chi connectivity index (χ1v) is 13.8. The molecule has 2 aliphatic carbocycles. The lowest BCUT2D eigenvalue weighted by Crippen LogP contribution is -2.46. The standard InChI is InChI=1S/C29H41ClN4O2/c1-17-13-18(2)32-29(36)26(17)16-31-28(35)25-14-22(30)15-27(19(25)3)33-20(4)21-9-11-24(12-10-21)34(5)23-7-6-8-23/h13-15,20-21,23-24,33H,6-12,16H2,1-5H3,(H,31,35)(H,32,36). The van der Waals surface area contributed by atoms with Gasteiger partial charge >= 0.3 is 0 Å². The summed E-state index contributed by atoms with van der Waals surface area (Å²) in [6.45, 7) is 8.10. The molecule has 2 saturated carbocycles. The van der Waals surface area contributed by atoms with Crippen LogP contribution in [0, 0.1) is 26.7 Å². The molecule has 1 unspecified atom stereocenters. The van der Waals surface area contributed by atoms with Crippen molar-refractivity contribution in [3.8, 4) is 0 Å². The number of H-pyrrole nitrogens is 1. The summed E-state index contributed by atoms with van der Waals surface area (Å²) < 4.78 is 0. The number of hydrogen-bond acceptors (Lipinski definition) is 4. The van der Waals surface area contributed by atoms with Crippen LogP contribution in [0.25, 0.3) is 0 Å². The zero-order valence-electron chi connectivity index (χ0n) is 22.3. The number of pyridine rings is 1. The highest BCUT2D eigenvalue weighted by atomic mass is 35.5. The molecule has 7 heteroatoms. The number of amides is 1. The predicted molar refractivity (Wildman–Crippen MR) is 148 cm³/mol. The minimum atomic E-state index is -0.232. The van der Waals surface area contributed by atoms with Crippen molar-refractivity contribution < 1.29 is 4.79 Å². The van der Waals surface area contributed by atoms with Gasteiger partial charge in [-0.25, -0.2) is 0 Å². The van der Waals surface area contributed by atoms with Gasteiger partial charge in [0.15, 0.2) is 0 Å². The van der Waals surface area contributed by atoms with Gasteiger partial charge < -0.3 is 20.5 Å². The Morgan fingerprint density at radius 1 is 1.08 bits per heavy atom. The second kappa shape index (κ2) is 11.4. The number of aromatic amines is 1. The predicted octanol–water partition coefficient (Wildman–Crippen LogP) is 5.73. The average molecular weight is 513 g/mol. The van der Waals surface area contributed by atoms with E-state index in [4.69, 9.17) is 11.6 Å². The van der Waals surface area contributed by atoms with E-state index in [2.05, 4.69) is 34.5 Å². The van der Waals surface area contributed by atoms with Crippen LogP contribution in [0.15, 0.2) is 23.0 Å². The molecule has 0 radical (unpaired) electrons. The summed E-state index contributed by atoms with van der Waals surface area (Å²) >= 11 is 6.44. The monoisotopic (exact) mass is 512 g/mol. The Bertz CT molecular complexity index is 1150. The number of rotatable bonds is 8. The molecule has 0 aliphatic heterocycles. The first kappa shape index (κ1) is 26.7. The van der Waals surface area contributed by atoms with E-state index in [0.717, 1.165) is 28.6 Å². The molecule has 2 aromatic rings. The van der Waals surface area contributed by atoms with Crippen molar-refractivity contribution in [3.63, 3.8) is 0 Å². The first-order valence-electron chi connectivity index (χ1n) is 13.4. The van der Waals surface area contributed by atoms with Crippen LogP contribution in [0.2, 0.25) is 5.02 Å². The Morgan fingerprint density at radius 3 is 2.36 bits per heavy atom. The molecule has 6 nitrogen and oxygen atoms in total. The minimum Gasteiger partial charge on any atom is -0.382 e. The Kier molecular flexibility index (Phi) is 8.46. The van der Waals surface area contributed by atoms with Crippen LogP contribution < -0.4 is 16.2 Å². The molecule has 0 bridgehead atoms. The maximum absolute atomic E-state index is 13.1. The molecular weight excluding hydrogens is 472 g/mol. The second-order valence-corrected chi connectivity index (χ2v) is 11.4. The van der Waals surface area contributed by atoms with Crippen LogP contribution in [0.5, 0.6) is 0 Å². The maximum atomic E-state index is 13.1. The summed E-state index contributed by atoms with van der Waals surface area (Å²) in [5, 5.41) is 7.11. The van der Waals surface area contributed by atoms with Crippen molar-refractivity contribution >= 4 is 23.2 Å². The van der Waals surface area contributed by atoms with E-state index in [1.807, 2.05) is 32.9 Å². The van der Waals surface area contributed by atoms with Crippen LogP contribution in [0.3, 0.4) is 0 Å². The number of nitrogens with one attached hydrogen (secondary N) is 3. The topological polar surface area (TPSA) is 77.2 Å². The summed E-state index contributed by atoms with van der Waals surface area (Å²) in [5.41, 5.74) is 4.38. The van der Waals surface area contributed by atoms with Crippen molar-refractivity contribution in [2.75, 3.05) is 12.4 Å². The van der Waals surface area contributed by atoms with Gasteiger partial charge in [0, 0.05) is 52.2 Å². The number of hydrogen-bond donors (Lipinski definition) is 3. The molecule has 0 spiro atoms. The van der Waals surface area contributed by atoms with Gasteiger partial charge in [-0.05, 0) is 109 Å². The number of aromatic nitrogens is 1. The third kappa shape index (κ3) is 5.97. The molecule has 1 amide bonds. The van der Waals surface area contributed by atoms with Crippen LogP contribution in [-0.2, 0) is 6.54 Å². The third-order valence-corrected chi connectivity index (χ3v) is 8.81. The van der Waals surface area contributed by atoms with Gasteiger partial charge in [-0.3, -0.25) is 9.59 Å². The fourth-order valence-corrected chi connectivity index (χ4v) is 6.11. The van der Waals surface area contributed by atoms with Crippen molar-refractivity contribution in [3.05, 3.63) is 61.5 Å². The van der Waals surface area contributed by atoms with Crippen molar-refractivity contribution in [2.45, 2.75) is 97.3 Å². The average Bonchev–Trinajstić information content (AvgIpc) is 2.79. The number of nitrogens with zero attached hydrogens (tertiary/aromatic N) is 1. The Hall–Kier alpha value is -2.31. The Balaban J connectivity index is 1.39. The highest BCUT2D eigenvalue weighted by Gasteiger charge is 2.32. The molecule has 2 fully saturated rings. The van der Waals surface area contributed by atoms with Crippen molar-refractivity contribution in [1.29, 1.82) is 0 Å². The zero-order chi connectivity index (χ0) is 26.0. The van der Waals surface area contributed by atoms with Gasteiger partial charge in [-0.15, -0.1) is 0 Å². The van der Waals surface area contributed by atoms with E-state index >= 15 is 0 Å². The molecule has 196 valence electrons. The van der Waals surface area contributed by atoms with E-state index in [1.54, 1.807) is 6.07 Å². The fourth-order valence-electron chi connectivity index (χ4n) is 5.89. The lowest BCUT2D eigenvalue weighted by Gasteiger charge is -2.43. The number of benzene rings is 1.